The number of anilines is 4. The first-order chi connectivity index (χ1) is 21.0. The summed E-state index contributed by atoms with van der Waals surface area (Å²) in [5.74, 6) is 0.573. The molecule has 2 aromatic carbocycles. The Hall–Kier alpha value is -3.91. The molecule has 7 N–H and O–H groups in total. The lowest BCUT2D eigenvalue weighted by Crippen LogP contribution is -2.29. The standard InChI is InChI=1S/C30H41FN8O4/c31-26-4-2-1-3-22(26)20-34-28-37-29(39-30(38-28)36-24-9-11-25(40)12-10-24)35-23-7-5-21(6-8-23)19-27(41)33-14-16-43-18-17-42-15-13-32/h1-8,24-25,40H,9-20,32H2,(H,33,41)(H3,34,35,36,37,38,39). The minimum absolute atomic E-state index is 0.0994. The lowest BCUT2D eigenvalue weighted by molar-refractivity contribution is -0.120. The molecule has 0 radical (unpaired) electrons. The van der Waals surface area contributed by atoms with E-state index in [9.17, 15) is 14.3 Å². The highest BCUT2D eigenvalue weighted by Crippen LogP contribution is 2.23. The highest BCUT2D eigenvalue weighted by molar-refractivity contribution is 5.78. The predicted molar refractivity (Wildman–Crippen MR) is 163 cm³/mol. The van der Waals surface area contributed by atoms with Gasteiger partial charge in [0, 0.05) is 36.9 Å². The summed E-state index contributed by atoms with van der Waals surface area (Å²) in [6, 6.07) is 14.1. The van der Waals surface area contributed by atoms with Gasteiger partial charge in [-0.1, -0.05) is 30.3 Å². The molecule has 0 atom stereocenters. The molecule has 232 valence electrons. The molecule has 0 unspecified atom stereocenters. The Morgan fingerprint density at radius 2 is 1.60 bits per heavy atom. The van der Waals surface area contributed by atoms with Gasteiger partial charge in [0.15, 0.2) is 0 Å². The van der Waals surface area contributed by atoms with Gasteiger partial charge in [-0.15, -0.1) is 0 Å². The van der Waals surface area contributed by atoms with Gasteiger partial charge < -0.3 is 41.6 Å². The van der Waals surface area contributed by atoms with Gasteiger partial charge in [-0.25, -0.2) is 4.39 Å². The zero-order chi connectivity index (χ0) is 30.3. The van der Waals surface area contributed by atoms with Gasteiger partial charge >= 0.3 is 0 Å². The van der Waals surface area contributed by atoms with E-state index in [-0.39, 0.29) is 36.8 Å². The van der Waals surface area contributed by atoms with Crippen molar-refractivity contribution < 1.29 is 23.8 Å². The molecule has 43 heavy (non-hydrogen) atoms. The molecule has 1 amide bonds. The third-order valence-corrected chi connectivity index (χ3v) is 6.84. The number of ether oxygens (including phenoxy) is 2. The maximum atomic E-state index is 14.2. The van der Waals surface area contributed by atoms with Crippen molar-refractivity contribution in [2.24, 2.45) is 5.73 Å². The normalized spacial score (nSPS) is 16.4. The van der Waals surface area contributed by atoms with Crippen molar-refractivity contribution in [3.05, 3.63) is 65.5 Å². The van der Waals surface area contributed by atoms with Crippen LogP contribution in [0.5, 0.6) is 0 Å². The number of rotatable bonds is 17. The molecule has 0 saturated heterocycles. The molecule has 1 aromatic heterocycles. The summed E-state index contributed by atoms with van der Waals surface area (Å²) in [4.78, 5) is 25.8. The third-order valence-electron chi connectivity index (χ3n) is 6.84. The Morgan fingerprint density at radius 3 is 2.35 bits per heavy atom. The van der Waals surface area contributed by atoms with E-state index in [1.165, 1.54) is 6.07 Å². The molecular weight excluding hydrogens is 555 g/mol. The van der Waals surface area contributed by atoms with Crippen LogP contribution in [0.3, 0.4) is 0 Å². The van der Waals surface area contributed by atoms with Gasteiger partial charge in [0.05, 0.1) is 39.0 Å². The molecule has 4 rings (SSSR count). The zero-order valence-corrected chi connectivity index (χ0v) is 24.2. The van der Waals surface area contributed by atoms with E-state index in [2.05, 4.69) is 36.2 Å². The molecule has 1 aliphatic carbocycles. The van der Waals surface area contributed by atoms with Crippen LogP contribution in [-0.2, 0) is 27.2 Å². The van der Waals surface area contributed by atoms with Gasteiger partial charge in [-0.3, -0.25) is 4.79 Å². The molecule has 0 aliphatic heterocycles. The first-order valence-electron chi connectivity index (χ1n) is 14.6. The molecule has 1 heterocycles. The maximum absolute atomic E-state index is 14.2. The predicted octanol–water partition coefficient (Wildman–Crippen LogP) is 2.73. The number of nitrogens with one attached hydrogen (secondary N) is 4. The van der Waals surface area contributed by atoms with E-state index in [1.54, 1.807) is 18.2 Å². The smallest absolute Gasteiger partial charge is 0.233 e. The SMILES string of the molecule is NCCOCCOCCNC(=O)Cc1ccc(Nc2nc(NCc3ccccc3F)nc(NC3CCC(O)CC3)n2)cc1. The highest BCUT2D eigenvalue weighted by atomic mass is 19.1. The molecule has 1 saturated carbocycles. The Bertz CT molecular complexity index is 1280. The highest BCUT2D eigenvalue weighted by Gasteiger charge is 2.20. The number of hydrogen-bond acceptors (Lipinski definition) is 11. The fourth-order valence-corrected chi connectivity index (χ4v) is 4.55. The number of aliphatic hydroxyl groups excluding tert-OH is 1. The third kappa shape index (κ3) is 11.4. The van der Waals surface area contributed by atoms with E-state index in [0.717, 1.165) is 36.9 Å². The Balaban J connectivity index is 1.32. The molecular formula is C30H41FN8O4. The average Bonchev–Trinajstić information content (AvgIpc) is 3.00. The van der Waals surface area contributed by atoms with Gasteiger partial charge in [0.25, 0.3) is 0 Å². The van der Waals surface area contributed by atoms with Crippen LogP contribution in [0.4, 0.5) is 27.9 Å². The minimum Gasteiger partial charge on any atom is -0.393 e. The van der Waals surface area contributed by atoms with Crippen molar-refractivity contribution in [3.8, 4) is 0 Å². The van der Waals surface area contributed by atoms with Crippen molar-refractivity contribution in [1.29, 1.82) is 0 Å². The van der Waals surface area contributed by atoms with Crippen LogP contribution in [0.2, 0.25) is 0 Å². The molecule has 3 aromatic rings. The number of hydrogen-bond donors (Lipinski definition) is 6. The van der Waals surface area contributed by atoms with Crippen LogP contribution in [-0.4, -0.2) is 77.6 Å². The van der Waals surface area contributed by atoms with E-state index in [4.69, 9.17) is 15.2 Å². The molecule has 12 nitrogen and oxygen atoms in total. The number of nitrogens with two attached hydrogens (primary N) is 1. The molecule has 0 bridgehead atoms. The van der Waals surface area contributed by atoms with Crippen molar-refractivity contribution in [1.82, 2.24) is 20.3 Å². The summed E-state index contributed by atoms with van der Waals surface area (Å²) in [6.45, 7) is 2.94. The summed E-state index contributed by atoms with van der Waals surface area (Å²) in [6.07, 6.45) is 3.01. The summed E-state index contributed by atoms with van der Waals surface area (Å²) in [7, 11) is 0. The quantitative estimate of drug-likeness (QED) is 0.127. The van der Waals surface area contributed by atoms with Crippen LogP contribution < -0.4 is 27.0 Å². The van der Waals surface area contributed by atoms with Crippen molar-refractivity contribution in [3.63, 3.8) is 0 Å². The van der Waals surface area contributed by atoms with Gasteiger partial charge in [0.1, 0.15) is 5.82 Å². The Kier molecular flexibility index (Phi) is 12.9. The average molecular weight is 597 g/mol. The van der Waals surface area contributed by atoms with E-state index in [0.29, 0.717) is 62.9 Å². The molecule has 0 spiro atoms. The second-order valence-electron chi connectivity index (χ2n) is 10.3. The van der Waals surface area contributed by atoms with Crippen LogP contribution in [0.15, 0.2) is 48.5 Å². The first-order valence-corrected chi connectivity index (χ1v) is 14.6. The van der Waals surface area contributed by atoms with Gasteiger partial charge in [0.2, 0.25) is 23.8 Å². The van der Waals surface area contributed by atoms with Gasteiger partial charge in [-0.05, 0) is 49.4 Å². The van der Waals surface area contributed by atoms with E-state index in [1.807, 2.05) is 24.3 Å². The number of nitrogens with zero attached hydrogens (tertiary/aromatic N) is 3. The number of aromatic nitrogens is 3. The first kappa shape index (κ1) is 32.0. The largest absolute Gasteiger partial charge is 0.393 e. The Morgan fingerprint density at radius 1 is 0.907 bits per heavy atom. The number of carbonyl (C=O) groups excluding carboxylic acids is 1. The second kappa shape index (κ2) is 17.3. The molecule has 13 heteroatoms. The maximum Gasteiger partial charge on any atom is 0.233 e. The summed E-state index contributed by atoms with van der Waals surface area (Å²) in [5, 5.41) is 22.3. The summed E-state index contributed by atoms with van der Waals surface area (Å²) < 4.78 is 24.8. The van der Waals surface area contributed by atoms with E-state index >= 15 is 0 Å². The monoisotopic (exact) mass is 596 g/mol. The lowest BCUT2D eigenvalue weighted by atomic mass is 9.93. The fourth-order valence-electron chi connectivity index (χ4n) is 4.55. The number of carbonyl (C=O) groups is 1. The van der Waals surface area contributed by atoms with Crippen molar-refractivity contribution in [2.45, 2.75) is 50.8 Å². The van der Waals surface area contributed by atoms with Crippen LogP contribution in [0.1, 0.15) is 36.8 Å². The minimum atomic E-state index is -0.312. The number of halogens is 1. The number of benzene rings is 2. The van der Waals surface area contributed by atoms with Crippen molar-refractivity contribution >= 4 is 29.4 Å². The number of aliphatic hydroxyl groups is 1. The zero-order valence-electron chi connectivity index (χ0n) is 24.2. The van der Waals surface area contributed by atoms with Crippen LogP contribution in [0, 0.1) is 5.82 Å². The lowest BCUT2D eigenvalue weighted by Gasteiger charge is -2.26. The summed E-state index contributed by atoms with van der Waals surface area (Å²) in [5.41, 5.74) is 7.43. The second-order valence-corrected chi connectivity index (χ2v) is 10.3. The Labute approximate surface area is 251 Å². The van der Waals surface area contributed by atoms with Crippen LogP contribution in [0.25, 0.3) is 0 Å². The van der Waals surface area contributed by atoms with E-state index < -0.39 is 0 Å². The van der Waals surface area contributed by atoms with Crippen LogP contribution >= 0.6 is 0 Å². The summed E-state index contributed by atoms with van der Waals surface area (Å²) >= 11 is 0. The number of amides is 1. The molecule has 1 fully saturated rings. The fraction of sp³-hybridized carbons (Fsp3) is 0.467. The van der Waals surface area contributed by atoms with Gasteiger partial charge in [-0.2, -0.15) is 15.0 Å². The van der Waals surface area contributed by atoms with Crippen molar-refractivity contribution in [2.75, 3.05) is 55.5 Å². The topological polar surface area (TPSA) is 169 Å². The molecule has 1 aliphatic rings.